The van der Waals surface area contributed by atoms with Crippen molar-refractivity contribution in [1.82, 2.24) is 10.6 Å². The van der Waals surface area contributed by atoms with Crippen molar-refractivity contribution in [2.24, 2.45) is 0 Å². The van der Waals surface area contributed by atoms with Crippen LogP contribution in [0.1, 0.15) is 34.3 Å². The maximum Gasteiger partial charge on any atom is 0.417 e. The molecule has 1 aliphatic rings. The maximum atomic E-state index is 13.5. The SMILES string of the molecule is COc1cc(C(F)(F)F)c(C(=O)NC(=O)NC2CC2)cc1OCc1ccccc1. The number of alkyl halides is 3. The summed E-state index contributed by atoms with van der Waals surface area (Å²) in [4.78, 5) is 24.2. The van der Waals surface area contributed by atoms with Crippen LogP contribution >= 0.6 is 0 Å². The van der Waals surface area contributed by atoms with E-state index in [0.717, 1.165) is 24.5 Å². The van der Waals surface area contributed by atoms with E-state index in [4.69, 9.17) is 9.47 Å². The van der Waals surface area contributed by atoms with Crippen LogP contribution in [0.2, 0.25) is 0 Å². The molecule has 0 atom stereocenters. The van der Waals surface area contributed by atoms with Crippen LogP contribution in [-0.4, -0.2) is 25.1 Å². The van der Waals surface area contributed by atoms with Gasteiger partial charge in [-0.05, 0) is 30.5 Å². The molecular weight excluding hydrogens is 389 g/mol. The first-order valence-electron chi connectivity index (χ1n) is 8.85. The molecular formula is C20H19F3N2O4. The molecule has 29 heavy (non-hydrogen) atoms. The number of methoxy groups -OCH3 is 1. The number of amides is 3. The number of halogens is 3. The first-order chi connectivity index (χ1) is 13.8. The summed E-state index contributed by atoms with van der Waals surface area (Å²) in [6.45, 7) is 0.0613. The molecule has 0 unspecified atom stereocenters. The van der Waals surface area contributed by atoms with Gasteiger partial charge in [-0.25, -0.2) is 4.79 Å². The van der Waals surface area contributed by atoms with E-state index in [9.17, 15) is 22.8 Å². The molecule has 0 bridgehead atoms. The predicted molar refractivity (Wildman–Crippen MR) is 97.8 cm³/mol. The molecule has 0 heterocycles. The van der Waals surface area contributed by atoms with Gasteiger partial charge in [0.25, 0.3) is 5.91 Å². The Morgan fingerprint density at radius 3 is 2.38 bits per heavy atom. The molecule has 1 fully saturated rings. The number of rotatable bonds is 6. The highest BCUT2D eigenvalue weighted by molar-refractivity contribution is 6.05. The molecule has 0 saturated heterocycles. The second kappa shape index (κ2) is 8.42. The number of nitrogens with one attached hydrogen (secondary N) is 2. The predicted octanol–water partition coefficient (Wildman–Crippen LogP) is 3.89. The summed E-state index contributed by atoms with van der Waals surface area (Å²) in [5.41, 5.74) is -1.17. The monoisotopic (exact) mass is 408 g/mol. The molecule has 0 radical (unpaired) electrons. The Morgan fingerprint density at radius 2 is 1.79 bits per heavy atom. The molecule has 6 nitrogen and oxygen atoms in total. The molecule has 9 heteroatoms. The fraction of sp³-hybridized carbons (Fsp3) is 0.300. The third kappa shape index (κ3) is 5.40. The molecule has 0 aliphatic heterocycles. The van der Waals surface area contributed by atoms with Gasteiger partial charge in [-0.2, -0.15) is 13.2 Å². The lowest BCUT2D eigenvalue weighted by atomic mass is 10.0. The molecule has 2 aromatic rings. The normalized spacial score (nSPS) is 13.5. The standard InChI is InChI=1S/C20H19F3N2O4/c1-28-16-10-15(20(21,22)23)14(18(26)25-19(27)24-13-7-8-13)9-17(16)29-11-12-5-3-2-4-6-12/h2-6,9-10,13H,7-8,11H2,1H3,(H2,24,25,26,27). The quantitative estimate of drug-likeness (QED) is 0.760. The molecule has 2 N–H and O–H groups in total. The number of carbonyl (C=O) groups is 2. The third-order valence-electron chi connectivity index (χ3n) is 4.23. The zero-order valence-corrected chi connectivity index (χ0v) is 15.5. The molecule has 0 aromatic heterocycles. The van der Waals surface area contributed by atoms with Gasteiger partial charge in [0.15, 0.2) is 11.5 Å². The van der Waals surface area contributed by atoms with Crippen molar-refractivity contribution in [3.63, 3.8) is 0 Å². The lowest BCUT2D eigenvalue weighted by Gasteiger charge is -2.17. The van der Waals surface area contributed by atoms with Crippen LogP contribution in [-0.2, 0) is 12.8 Å². The van der Waals surface area contributed by atoms with Crippen molar-refractivity contribution in [1.29, 1.82) is 0 Å². The van der Waals surface area contributed by atoms with E-state index in [2.05, 4.69) is 5.32 Å². The second-order valence-electron chi connectivity index (χ2n) is 6.52. The van der Waals surface area contributed by atoms with E-state index in [1.54, 1.807) is 24.3 Å². The second-order valence-corrected chi connectivity index (χ2v) is 6.52. The summed E-state index contributed by atoms with van der Waals surface area (Å²) in [5, 5.41) is 4.42. The number of urea groups is 1. The van der Waals surface area contributed by atoms with Crippen LogP contribution in [0.5, 0.6) is 11.5 Å². The van der Waals surface area contributed by atoms with Gasteiger partial charge in [0.1, 0.15) is 6.61 Å². The van der Waals surface area contributed by atoms with Crippen LogP contribution in [0.3, 0.4) is 0 Å². The van der Waals surface area contributed by atoms with Gasteiger partial charge < -0.3 is 14.8 Å². The number of imide groups is 1. The number of hydrogen-bond acceptors (Lipinski definition) is 4. The van der Waals surface area contributed by atoms with Crippen molar-refractivity contribution < 1.29 is 32.2 Å². The molecule has 0 spiro atoms. The summed E-state index contributed by atoms with van der Waals surface area (Å²) >= 11 is 0. The fourth-order valence-electron chi connectivity index (χ4n) is 2.61. The van der Waals surface area contributed by atoms with Crippen LogP contribution < -0.4 is 20.1 Å². The molecule has 154 valence electrons. The Kier molecular flexibility index (Phi) is 5.95. The number of hydrogen-bond donors (Lipinski definition) is 2. The van der Waals surface area contributed by atoms with Crippen LogP contribution in [0.25, 0.3) is 0 Å². The number of benzene rings is 2. The van der Waals surface area contributed by atoms with Crippen molar-refractivity contribution in [2.75, 3.05) is 7.11 Å². The smallest absolute Gasteiger partial charge is 0.417 e. The van der Waals surface area contributed by atoms with Gasteiger partial charge in [0.05, 0.1) is 18.2 Å². The van der Waals surface area contributed by atoms with Crippen LogP contribution in [0.4, 0.5) is 18.0 Å². The van der Waals surface area contributed by atoms with E-state index >= 15 is 0 Å². The topological polar surface area (TPSA) is 76.7 Å². The van der Waals surface area contributed by atoms with Crippen LogP contribution in [0, 0.1) is 0 Å². The minimum absolute atomic E-state index is 0.0443. The summed E-state index contributed by atoms with van der Waals surface area (Å²) in [6, 6.07) is 9.70. The Morgan fingerprint density at radius 1 is 1.10 bits per heavy atom. The largest absolute Gasteiger partial charge is 0.493 e. The van der Waals surface area contributed by atoms with Crippen molar-refractivity contribution in [3.8, 4) is 11.5 Å². The maximum absolute atomic E-state index is 13.5. The minimum Gasteiger partial charge on any atom is -0.493 e. The Labute approximate surface area is 165 Å². The zero-order chi connectivity index (χ0) is 21.0. The van der Waals surface area contributed by atoms with E-state index in [-0.39, 0.29) is 24.1 Å². The Hall–Kier alpha value is -3.23. The number of carbonyl (C=O) groups excluding carboxylic acids is 2. The number of ether oxygens (including phenoxy) is 2. The van der Waals surface area contributed by atoms with Crippen molar-refractivity contribution >= 4 is 11.9 Å². The first kappa shape index (κ1) is 20.5. The third-order valence-corrected chi connectivity index (χ3v) is 4.23. The van der Waals surface area contributed by atoms with Crippen LogP contribution in [0.15, 0.2) is 42.5 Å². The molecule has 2 aromatic carbocycles. The van der Waals surface area contributed by atoms with E-state index < -0.39 is 29.2 Å². The summed E-state index contributed by atoms with van der Waals surface area (Å²) in [7, 11) is 1.20. The van der Waals surface area contributed by atoms with E-state index in [1.807, 2.05) is 11.4 Å². The molecule has 1 saturated carbocycles. The molecule has 1 aliphatic carbocycles. The van der Waals surface area contributed by atoms with Gasteiger partial charge in [-0.3, -0.25) is 10.1 Å². The summed E-state index contributed by atoms with van der Waals surface area (Å²) in [5.74, 6) is -1.40. The van der Waals surface area contributed by atoms with Crippen molar-refractivity contribution in [3.05, 3.63) is 59.2 Å². The fourth-order valence-corrected chi connectivity index (χ4v) is 2.61. The minimum atomic E-state index is -4.83. The lowest BCUT2D eigenvalue weighted by molar-refractivity contribution is -0.138. The average Bonchev–Trinajstić information content (AvgIpc) is 3.49. The Bertz CT molecular complexity index is 897. The summed E-state index contributed by atoms with van der Waals surface area (Å²) < 4.78 is 51.1. The lowest BCUT2D eigenvalue weighted by Crippen LogP contribution is -2.41. The van der Waals surface area contributed by atoms with E-state index in [1.165, 1.54) is 7.11 Å². The molecule has 3 amide bonds. The van der Waals surface area contributed by atoms with Gasteiger partial charge in [0.2, 0.25) is 0 Å². The van der Waals surface area contributed by atoms with Gasteiger partial charge in [-0.15, -0.1) is 0 Å². The zero-order valence-electron chi connectivity index (χ0n) is 15.5. The highest BCUT2D eigenvalue weighted by Gasteiger charge is 2.37. The average molecular weight is 408 g/mol. The first-order valence-corrected chi connectivity index (χ1v) is 8.85. The Balaban J connectivity index is 1.88. The highest BCUT2D eigenvalue weighted by Crippen LogP contribution is 2.39. The van der Waals surface area contributed by atoms with Gasteiger partial charge in [0, 0.05) is 6.04 Å². The van der Waals surface area contributed by atoms with E-state index in [0.29, 0.717) is 6.07 Å². The summed E-state index contributed by atoms with van der Waals surface area (Å²) in [6.07, 6.45) is -3.28. The molecule has 3 rings (SSSR count). The van der Waals surface area contributed by atoms with Crippen molar-refractivity contribution in [2.45, 2.75) is 31.7 Å². The van der Waals surface area contributed by atoms with Gasteiger partial charge in [-0.1, -0.05) is 30.3 Å². The van der Waals surface area contributed by atoms with Gasteiger partial charge >= 0.3 is 12.2 Å². The highest BCUT2D eigenvalue weighted by atomic mass is 19.4.